The van der Waals surface area contributed by atoms with Crippen LogP contribution in [0.3, 0.4) is 0 Å². The summed E-state index contributed by atoms with van der Waals surface area (Å²) in [7, 11) is 0. The summed E-state index contributed by atoms with van der Waals surface area (Å²) in [5.74, 6) is -0.278. The molecule has 0 fully saturated rings. The minimum absolute atomic E-state index is 0.151. The van der Waals surface area contributed by atoms with Gasteiger partial charge < -0.3 is 10.3 Å². The summed E-state index contributed by atoms with van der Waals surface area (Å²) in [6.45, 7) is 4.39. The second kappa shape index (κ2) is 7.33. The number of aromatic nitrogens is 1. The number of ketones is 1. The van der Waals surface area contributed by atoms with Crippen LogP contribution in [0.1, 0.15) is 27.0 Å². The summed E-state index contributed by atoms with van der Waals surface area (Å²) < 4.78 is 5.83. The molecule has 6 nitrogen and oxygen atoms in total. The van der Waals surface area contributed by atoms with E-state index in [1.165, 1.54) is 11.9 Å². The largest absolute Gasteiger partial charge is 0.344 e. The Morgan fingerprint density at radius 1 is 1.18 bits per heavy atom. The van der Waals surface area contributed by atoms with E-state index < -0.39 is 0 Å². The van der Waals surface area contributed by atoms with Crippen LogP contribution in [0.5, 0.6) is 0 Å². The molecule has 4 rings (SSSR count). The van der Waals surface area contributed by atoms with Crippen LogP contribution in [0.2, 0.25) is 0 Å². The third-order valence-corrected chi connectivity index (χ3v) is 5.87. The highest BCUT2D eigenvalue weighted by Gasteiger charge is 2.25. The normalized spacial score (nSPS) is 18.7. The highest BCUT2D eigenvalue weighted by Crippen LogP contribution is 2.25. The molecule has 2 N–H and O–H groups in total. The molecular formula is C21H20N4O2S. The number of benzene rings is 2. The average Bonchev–Trinajstić information content (AvgIpc) is 3.10. The number of fused-ring (bicyclic) bond motifs is 1. The fraction of sp³-hybridized carbons (Fsp3) is 0.238. The zero-order valence-electron chi connectivity index (χ0n) is 15.6. The number of para-hydroxylation sites is 1. The fourth-order valence-corrected chi connectivity index (χ4v) is 3.88. The van der Waals surface area contributed by atoms with Crippen LogP contribution < -0.4 is 11.2 Å². The lowest BCUT2D eigenvalue weighted by molar-refractivity contribution is 0.103. The molecule has 0 bridgehead atoms. The Bertz CT molecular complexity index is 1170. The molecule has 0 aliphatic carbocycles. The van der Waals surface area contributed by atoms with Gasteiger partial charge in [0.25, 0.3) is 0 Å². The molecule has 0 saturated heterocycles. The summed E-state index contributed by atoms with van der Waals surface area (Å²) in [6.07, 6.45) is 1.63. The van der Waals surface area contributed by atoms with E-state index in [4.69, 9.17) is 5.73 Å². The predicted molar refractivity (Wildman–Crippen MR) is 112 cm³/mol. The number of hydrogen-bond acceptors (Lipinski definition) is 6. The van der Waals surface area contributed by atoms with Crippen molar-refractivity contribution in [2.24, 2.45) is 15.4 Å². The molecule has 2 unspecified atom stereocenters. The molecule has 2 aromatic carbocycles. The van der Waals surface area contributed by atoms with Crippen molar-refractivity contribution in [3.8, 4) is 0 Å². The summed E-state index contributed by atoms with van der Waals surface area (Å²) in [5.41, 5.74) is 9.32. The average molecular weight is 392 g/mol. The van der Waals surface area contributed by atoms with E-state index in [0.717, 1.165) is 16.6 Å². The zero-order chi connectivity index (χ0) is 19.8. The number of rotatable bonds is 4. The maximum absolute atomic E-state index is 13.1. The van der Waals surface area contributed by atoms with Crippen molar-refractivity contribution in [1.29, 1.82) is 0 Å². The van der Waals surface area contributed by atoms with Crippen molar-refractivity contribution >= 4 is 28.6 Å². The Morgan fingerprint density at radius 2 is 1.96 bits per heavy atom. The third-order valence-electron chi connectivity index (χ3n) is 5.13. The number of carbonyl (C=O) groups excluding carboxylic acids is 1. The second-order valence-corrected chi connectivity index (χ2v) is 7.92. The highest BCUT2D eigenvalue weighted by atomic mass is 32.2. The Hall–Kier alpha value is -2.77. The van der Waals surface area contributed by atoms with Crippen LogP contribution in [0, 0.1) is 13.8 Å². The van der Waals surface area contributed by atoms with E-state index in [1.807, 2.05) is 42.7 Å². The third kappa shape index (κ3) is 3.27. The minimum atomic E-state index is -0.278. The van der Waals surface area contributed by atoms with Gasteiger partial charge in [0.1, 0.15) is 11.4 Å². The summed E-state index contributed by atoms with van der Waals surface area (Å²) in [6, 6.07) is 12.6. The summed E-state index contributed by atoms with van der Waals surface area (Å²) in [5, 5.41) is 4.44. The fourth-order valence-electron chi connectivity index (χ4n) is 3.32. The van der Waals surface area contributed by atoms with E-state index in [1.54, 1.807) is 24.4 Å². The molecule has 0 saturated carbocycles. The van der Waals surface area contributed by atoms with Crippen molar-refractivity contribution in [1.82, 2.24) is 4.57 Å². The van der Waals surface area contributed by atoms with Crippen molar-refractivity contribution in [3.63, 3.8) is 0 Å². The van der Waals surface area contributed by atoms with Crippen molar-refractivity contribution in [2.75, 3.05) is 0 Å². The predicted octanol–water partition coefficient (Wildman–Crippen LogP) is 3.62. The maximum atomic E-state index is 13.1. The number of nitrogens with two attached hydrogens (primary N) is 1. The first kappa shape index (κ1) is 18.6. The van der Waals surface area contributed by atoms with E-state index in [2.05, 4.69) is 9.63 Å². The van der Waals surface area contributed by atoms with Crippen LogP contribution in [-0.2, 0) is 6.54 Å². The number of aryl methyl sites for hydroxylation is 2. The summed E-state index contributed by atoms with van der Waals surface area (Å²) in [4.78, 5) is 26.2. The zero-order valence-corrected chi connectivity index (χ0v) is 16.4. The lowest BCUT2D eigenvalue weighted by atomic mass is 9.98. The molecule has 0 radical (unpaired) electrons. The van der Waals surface area contributed by atoms with Crippen molar-refractivity contribution in [2.45, 2.75) is 31.8 Å². The van der Waals surface area contributed by atoms with E-state index in [0.29, 0.717) is 17.5 Å². The molecule has 1 aromatic heterocycles. The van der Waals surface area contributed by atoms with Crippen LogP contribution in [0.4, 0.5) is 0 Å². The van der Waals surface area contributed by atoms with Gasteiger partial charge in [0.15, 0.2) is 5.78 Å². The molecule has 0 spiro atoms. The molecule has 7 heteroatoms. The number of carbonyl (C=O) groups is 1. The van der Waals surface area contributed by atoms with E-state index in [9.17, 15) is 9.59 Å². The highest BCUT2D eigenvalue weighted by molar-refractivity contribution is 7.98. The first-order chi connectivity index (χ1) is 13.5. The van der Waals surface area contributed by atoms with Gasteiger partial charge in [0.05, 0.1) is 11.1 Å². The van der Waals surface area contributed by atoms with Crippen LogP contribution in [0.25, 0.3) is 10.9 Å². The summed E-state index contributed by atoms with van der Waals surface area (Å²) >= 11 is 1.24. The van der Waals surface area contributed by atoms with E-state index >= 15 is 0 Å². The lowest BCUT2D eigenvalue weighted by Crippen LogP contribution is -2.31. The molecule has 0 amide bonds. The number of nitrogens with zero attached hydrogens (tertiary/aromatic N) is 3. The Kier molecular flexibility index (Phi) is 4.87. The monoisotopic (exact) mass is 392 g/mol. The van der Waals surface area contributed by atoms with Crippen LogP contribution in [-0.4, -0.2) is 21.8 Å². The molecule has 28 heavy (non-hydrogen) atoms. The molecule has 1 aliphatic rings. The van der Waals surface area contributed by atoms with Crippen molar-refractivity contribution < 1.29 is 4.79 Å². The van der Waals surface area contributed by atoms with Gasteiger partial charge >= 0.3 is 0 Å². The van der Waals surface area contributed by atoms with Gasteiger partial charge in [-0.05, 0) is 43.2 Å². The Labute approximate surface area is 166 Å². The van der Waals surface area contributed by atoms with Crippen LogP contribution in [0.15, 0.2) is 63.1 Å². The van der Waals surface area contributed by atoms with E-state index in [-0.39, 0.29) is 28.2 Å². The molecule has 3 aromatic rings. The van der Waals surface area contributed by atoms with Gasteiger partial charge in [0, 0.05) is 35.6 Å². The molecule has 2 heterocycles. The van der Waals surface area contributed by atoms with Gasteiger partial charge in [-0.3, -0.25) is 9.59 Å². The van der Waals surface area contributed by atoms with Gasteiger partial charge in [-0.15, -0.1) is 4.52 Å². The standard InChI is InChI=1S/C21H20N4O2S/c1-12-7-8-14(9-13(12)2)19(26)16-10-25(11-17-21(22)28-24-23-17)18-6-4-3-5-15(18)20(16)27/h3-10,17,21H,11,22H2,1-2H3. The topological polar surface area (TPSA) is 89.8 Å². The number of pyridine rings is 1. The van der Waals surface area contributed by atoms with Crippen molar-refractivity contribution in [3.05, 3.63) is 81.1 Å². The molecular weight excluding hydrogens is 372 g/mol. The SMILES string of the molecule is Cc1ccc(C(=O)c2cn(CC3N=NSC3N)c3ccccc3c2=O)cc1C. The quantitative estimate of drug-likeness (QED) is 0.542. The minimum Gasteiger partial charge on any atom is -0.344 e. The second-order valence-electron chi connectivity index (χ2n) is 7.00. The molecule has 142 valence electrons. The smallest absolute Gasteiger partial charge is 0.200 e. The first-order valence-electron chi connectivity index (χ1n) is 9.01. The first-order valence-corrected chi connectivity index (χ1v) is 9.85. The molecule has 2 atom stereocenters. The Morgan fingerprint density at radius 3 is 2.68 bits per heavy atom. The van der Waals surface area contributed by atoms with Gasteiger partial charge in [-0.1, -0.05) is 24.3 Å². The van der Waals surface area contributed by atoms with Gasteiger partial charge in [0.2, 0.25) is 5.43 Å². The molecule has 1 aliphatic heterocycles. The van der Waals surface area contributed by atoms with Gasteiger partial charge in [-0.2, -0.15) is 5.11 Å². The maximum Gasteiger partial charge on any atom is 0.200 e. The van der Waals surface area contributed by atoms with Gasteiger partial charge in [-0.25, -0.2) is 0 Å². The van der Waals surface area contributed by atoms with Crippen LogP contribution >= 0.6 is 11.9 Å². The Balaban J connectivity index is 1.85. The number of hydrogen-bond donors (Lipinski definition) is 1. The lowest BCUT2D eigenvalue weighted by Gasteiger charge is -2.17.